The number of nitrogens with one attached hydrogen (secondary N) is 1. The van der Waals surface area contributed by atoms with Crippen LogP contribution in [0.2, 0.25) is 0 Å². The SMILES string of the molecule is CCCCC(NCCC)c1cnn(-c2ccccc2)n1. The van der Waals surface area contributed by atoms with Gasteiger partial charge < -0.3 is 5.32 Å². The maximum absolute atomic E-state index is 4.63. The zero-order valence-corrected chi connectivity index (χ0v) is 12.4. The molecule has 20 heavy (non-hydrogen) atoms. The number of hydrogen-bond donors (Lipinski definition) is 1. The van der Waals surface area contributed by atoms with Gasteiger partial charge in [-0.25, -0.2) is 0 Å². The van der Waals surface area contributed by atoms with Gasteiger partial charge >= 0.3 is 0 Å². The highest BCUT2D eigenvalue weighted by molar-refractivity contribution is 5.28. The summed E-state index contributed by atoms with van der Waals surface area (Å²) >= 11 is 0. The van der Waals surface area contributed by atoms with Gasteiger partial charge in [0, 0.05) is 0 Å². The molecule has 0 aliphatic carbocycles. The molecule has 4 nitrogen and oxygen atoms in total. The van der Waals surface area contributed by atoms with Gasteiger partial charge in [-0.15, -0.1) is 0 Å². The van der Waals surface area contributed by atoms with E-state index in [4.69, 9.17) is 0 Å². The first kappa shape index (κ1) is 14.7. The van der Waals surface area contributed by atoms with Crippen molar-refractivity contribution < 1.29 is 0 Å². The second-order valence-corrected chi connectivity index (χ2v) is 5.04. The lowest BCUT2D eigenvalue weighted by molar-refractivity contribution is 0.469. The lowest BCUT2D eigenvalue weighted by Gasteiger charge is -2.15. The van der Waals surface area contributed by atoms with E-state index in [0.717, 1.165) is 30.8 Å². The first-order valence-corrected chi connectivity index (χ1v) is 7.56. The molecule has 1 atom stereocenters. The average molecular weight is 272 g/mol. The van der Waals surface area contributed by atoms with Gasteiger partial charge in [0.1, 0.15) is 5.69 Å². The second-order valence-electron chi connectivity index (χ2n) is 5.04. The summed E-state index contributed by atoms with van der Waals surface area (Å²) in [5.74, 6) is 0. The van der Waals surface area contributed by atoms with E-state index in [1.54, 1.807) is 4.80 Å². The van der Waals surface area contributed by atoms with Gasteiger partial charge in [0.15, 0.2) is 0 Å². The van der Waals surface area contributed by atoms with Crippen molar-refractivity contribution >= 4 is 0 Å². The first-order chi connectivity index (χ1) is 9.85. The molecule has 0 bridgehead atoms. The quantitative estimate of drug-likeness (QED) is 0.799. The van der Waals surface area contributed by atoms with Crippen molar-refractivity contribution in [3.8, 4) is 5.69 Å². The van der Waals surface area contributed by atoms with E-state index in [9.17, 15) is 0 Å². The standard InChI is InChI=1S/C16H24N4/c1-3-5-11-15(17-12-4-2)16-13-18-20(19-16)14-9-7-6-8-10-14/h6-10,13,15,17H,3-5,11-12H2,1-2H3. The monoisotopic (exact) mass is 272 g/mol. The van der Waals surface area contributed by atoms with E-state index in [0.29, 0.717) is 6.04 Å². The highest BCUT2D eigenvalue weighted by Crippen LogP contribution is 2.17. The van der Waals surface area contributed by atoms with Gasteiger partial charge in [-0.05, 0) is 31.5 Å². The van der Waals surface area contributed by atoms with Crippen molar-refractivity contribution in [3.05, 3.63) is 42.2 Å². The Morgan fingerprint density at radius 1 is 1.15 bits per heavy atom. The minimum absolute atomic E-state index is 0.312. The van der Waals surface area contributed by atoms with Crippen LogP contribution < -0.4 is 5.32 Å². The fourth-order valence-corrected chi connectivity index (χ4v) is 2.20. The van der Waals surface area contributed by atoms with E-state index in [1.807, 2.05) is 36.5 Å². The summed E-state index contributed by atoms with van der Waals surface area (Å²) in [6, 6.07) is 10.4. The van der Waals surface area contributed by atoms with Gasteiger partial charge in [0.25, 0.3) is 0 Å². The number of para-hydroxylation sites is 1. The number of aromatic nitrogens is 3. The van der Waals surface area contributed by atoms with E-state index >= 15 is 0 Å². The fourth-order valence-electron chi connectivity index (χ4n) is 2.20. The van der Waals surface area contributed by atoms with Gasteiger partial charge in [-0.3, -0.25) is 0 Å². The Morgan fingerprint density at radius 2 is 1.95 bits per heavy atom. The Morgan fingerprint density at radius 3 is 2.65 bits per heavy atom. The molecule has 1 heterocycles. The van der Waals surface area contributed by atoms with E-state index in [1.165, 1.54) is 12.8 Å². The van der Waals surface area contributed by atoms with Crippen LogP contribution in [0.1, 0.15) is 51.3 Å². The van der Waals surface area contributed by atoms with Crippen LogP contribution in [0, 0.1) is 0 Å². The van der Waals surface area contributed by atoms with Gasteiger partial charge in [0.2, 0.25) is 0 Å². The van der Waals surface area contributed by atoms with E-state index in [-0.39, 0.29) is 0 Å². The molecule has 1 aromatic heterocycles. The van der Waals surface area contributed by atoms with Crippen molar-refractivity contribution in [2.75, 3.05) is 6.54 Å². The van der Waals surface area contributed by atoms with Crippen molar-refractivity contribution in [1.82, 2.24) is 20.3 Å². The van der Waals surface area contributed by atoms with E-state index in [2.05, 4.69) is 29.4 Å². The summed E-state index contributed by atoms with van der Waals surface area (Å²) in [6.45, 7) is 5.43. The summed E-state index contributed by atoms with van der Waals surface area (Å²) in [6.07, 6.45) is 6.55. The Balaban J connectivity index is 2.11. The van der Waals surface area contributed by atoms with Crippen LogP contribution in [0.4, 0.5) is 0 Å². The topological polar surface area (TPSA) is 42.7 Å². The zero-order valence-electron chi connectivity index (χ0n) is 12.4. The van der Waals surface area contributed by atoms with Gasteiger partial charge in [-0.1, -0.05) is 44.9 Å². The Kier molecular flexibility index (Phi) is 5.74. The number of unbranched alkanes of at least 4 members (excludes halogenated alkanes) is 1. The summed E-state index contributed by atoms with van der Waals surface area (Å²) in [5.41, 5.74) is 2.04. The summed E-state index contributed by atoms with van der Waals surface area (Å²) < 4.78 is 0. The van der Waals surface area contributed by atoms with Crippen LogP contribution >= 0.6 is 0 Å². The Labute approximate surface area is 121 Å². The van der Waals surface area contributed by atoms with Crippen LogP contribution in [0.3, 0.4) is 0 Å². The molecule has 4 heteroatoms. The molecule has 0 amide bonds. The van der Waals surface area contributed by atoms with Crippen LogP contribution in [0.25, 0.3) is 5.69 Å². The van der Waals surface area contributed by atoms with Gasteiger partial charge in [0.05, 0.1) is 17.9 Å². The van der Waals surface area contributed by atoms with Crippen LogP contribution in [0.5, 0.6) is 0 Å². The second kappa shape index (κ2) is 7.80. The highest BCUT2D eigenvalue weighted by Gasteiger charge is 2.14. The summed E-state index contributed by atoms with van der Waals surface area (Å²) in [7, 11) is 0. The third-order valence-electron chi connectivity index (χ3n) is 3.34. The third-order valence-corrected chi connectivity index (χ3v) is 3.34. The molecule has 0 aliphatic heterocycles. The maximum atomic E-state index is 4.63. The molecular formula is C16H24N4. The predicted molar refractivity (Wildman–Crippen MR) is 81.9 cm³/mol. The Hall–Kier alpha value is -1.68. The lowest BCUT2D eigenvalue weighted by Crippen LogP contribution is -2.22. The van der Waals surface area contributed by atoms with Crippen molar-refractivity contribution in [2.24, 2.45) is 0 Å². The Bertz CT molecular complexity index is 484. The van der Waals surface area contributed by atoms with Crippen LogP contribution in [-0.4, -0.2) is 21.5 Å². The van der Waals surface area contributed by atoms with Crippen molar-refractivity contribution in [1.29, 1.82) is 0 Å². The third kappa shape index (κ3) is 3.90. The minimum Gasteiger partial charge on any atom is -0.309 e. The summed E-state index contributed by atoms with van der Waals surface area (Å²) in [4.78, 5) is 1.71. The number of nitrogens with zero attached hydrogens (tertiary/aromatic N) is 3. The predicted octanol–water partition coefficient (Wildman–Crippen LogP) is 3.50. The number of hydrogen-bond acceptors (Lipinski definition) is 3. The molecule has 0 saturated carbocycles. The number of benzene rings is 1. The molecule has 2 aromatic rings. The molecule has 0 saturated heterocycles. The number of rotatable bonds is 8. The zero-order chi connectivity index (χ0) is 14.2. The molecule has 0 spiro atoms. The van der Waals surface area contributed by atoms with E-state index < -0.39 is 0 Å². The molecular weight excluding hydrogens is 248 g/mol. The first-order valence-electron chi connectivity index (χ1n) is 7.56. The molecule has 108 valence electrons. The molecule has 0 fully saturated rings. The maximum Gasteiger partial charge on any atom is 0.100 e. The summed E-state index contributed by atoms with van der Waals surface area (Å²) in [5, 5.41) is 12.6. The lowest BCUT2D eigenvalue weighted by atomic mass is 10.1. The highest BCUT2D eigenvalue weighted by atomic mass is 15.5. The molecule has 0 aliphatic rings. The molecule has 2 rings (SSSR count). The molecule has 1 N–H and O–H groups in total. The molecule has 0 radical (unpaired) electrons. The molecule has 1 aromatic carbocycles. The van der Waals surface area contributed by atoms with Crippen LogP contribution in [0.15, 0.2) is 36.5 Å². The smallest absolute Gasteiger partial charge is 0.100 e. The average Bonchev–Trinajstić information content (AvgIpc) is 2.98. The largest absolute Gasteiger partial charge is 0.309 e. The molecule has 1 unspecified atom stereocenters. The van der Waals surface area contributed by atoms with Crippen LogP contribution in [-0.2, 0) is 0 Å². The van der Waals surface area contributed by atoms with Gasteiger partial charge in [-0.2, -0.15) is 15.0 Å². The minimum atomic E-state index is 0.312. The van der Waals surface area contributed by atoms with Crippen molar-refractivity contribution in [2.45, 2.75) is 45.6 Å². The van der Waals surface area contributed by atoms with Crippen molar-refractivity contribution in [3.63, 3.8) is 0 Å². The normalized spacial score (nSPS) is 12.5. The fraction of sp³-hybridized carbons (Fsp3) is 0.500.